The van der Waals surface area contributed by atoms with E-state index in [2.05, 4.69) is 19.2 Å². The van der Waals surface area contributed by atoms with Crippen molar-refractivity contribution in [1.29, 1.82) is 0 Å². The van der Waals surface area contributed by atoms with Crippen LogP contribution in [0, 0.1) is 5.92 Å². The summed E-state index contributed by atoms with van der Waals surface area (Å²) in [7, 11) is 0. The summed E-state index contributed by atoms with van der Waals surface area (Å²) in [6, 6.07) is 0.0854. The van der Waals surface area contributed by atoms with E-state index < -0.39 is 5.97 Å². The van der Waals surface area contributed by atoms with Crippen molar-refractivity contribution in [3.63, 3.8) is 0 Å². The summed E-state index contributed by atoms with van der Waals surface area (Å²) in [5.41, 5.74) is 0. The summed E-state index contributed by atoms with van der Waals surface area (Å²) in [5.74, 6) is 0.110. The third-order valence-corrected chi connectivity index (χ3v) is 3.94. The second-order valence-electron chi connectivity index (χ2n) is 5.34. The minimum atomic E-state index is -0.683. The SMILES string of the molecule is CCCCC(NC1CCCC(CC)C1)C(=O)O. The van der Waals surface area contributed by atoms with Crippen molar-refractivity contribution in [2.24, 2.45) is 5.92 Å². The van der Waals surface area contributed by atoms with Crippen molar-refractivity contribution >= 4 is 5.97 Å². The Morgan fingerprint density at radius 1 is 1.41 bits per heavy atom. The van der Waals surface area contributed by atoms with E-state index >= 15 is 0 Å². The van der Waals surface area contributed by atoms with Crippen LogP contribution < -0.4 is 5.32 Å². The Bertz CT molecular complexity index is 230. The Balaban J connectivity index is 2.40. The third kappa shape index (κ3) is 5.07. The van der Waals surface area contributed by atoms with Gasteiger partial charge < -0.3 is 10.4 Å². The first-order valence-corrected chi connectivity index (χ1v) is 7.16. The van der Waals surface area contributed by atoms with Crippen LogP contribution in [0.3, 0.4) is 0 Å². The van der Waals surface area contributed by atoms with Gasteiger partial charge in [0.05, 0.1) is 0 Å². The second-order valence-corrected chi connectivity index (χ2v) is 5.34. The standard InChI is InChI=1S/C14H27NO2/c1-3-5-9-13(14(16)17)15-12-8-6-7-11(4-2)10-12/h11-13,15H,3-10H2,1-2H3,(H,16,17). The first kappa shape index (κ1) is 14.5. The van der Waals surface area contributed by atoms with Crippen molar-refractivity contribution < 1.29 is 9.90 Å². The monoisotopic (exact) mass is 241 g/mol. The Morgan fingerprint density at radius 3 is 2.76 bits per heavy atom. The molecule has 3 unspecified atom stereocenters. The summed E-state index contributed by atoms with van der Waals surface area (Å²) in [4.78, 5) is 11.2. The number of hydrogen-bond acceptors (Lipinski definition) is 2. The van der Waals surface area contributed by atoms with Crippen LogP contribution in [0.4, 0.5) is 0 Å². The fourth-order valence-electron chi connectivity index (χ4n) is 2.78. The predicted molar refractivity (Wildman–Crippen MR) is 70.1 cm³/mol. The number of hydrogen-bond donors (Lipinski definition) is 2. The Labute approximate surface area is 105 Å². The Kier molecular flexibility index (Phi) is 6.56. The highest BCUT2D eigenvalue weighted by Crippen LogP contribution is 2.27. The van der Waals surface area contributed by atoms with Gasteiger partial charge in [-0.1, -0.05) is 46.0 Å². The number of unbranched alkanes of at least 4 members (excludes halogenated alkanes) is 1. The lowest BCUT2D eigenvalue weighted by Gasteiger charge is -2.31. The lowest BCUT2D eigenvalue weighted by Crippen LogP contribution is -2.45. The van der Waals surface area contributed by atoms with E-state index in [-0.39, 0.29) is 6.04 Å². The van der Waals surface area contributed by atoms with Crippen LogP contribution in [-0.4, -0.2) is 23.2 Å². The lowest BCUT2D eigenvalue weighted by atomic mass is 9.84. The van der Waals surface area contributed by atoms with Crippen LogP contribution in [0.1, 0.15) is 65.2 Å². The highest BCUT2D eigenvalue weighted by molar-refractivity contribution is 5.73. The molecule has 1 rings (SSSR count). The van der Waals surface area contributed by atoms with Gasteiger partial charge in [0.2, 0.25) is 0 Å². The van der Waals surface area contributed by atoms with Crippen molar-refractivity contribution in [2.75, 3.05) is 0 Å². The average Bonchev–Trinajstić information content (AvgIpc) is 2.34. The molecule has 1 aliphatic carbocycles. The molecule has 0 heterocycles. The molecule has 2 N–H and O–H groups in total. The molecule has 0 amide bonds. The molecular formula is C14H27NO2. The maximum absolute atomic E-state index is 11.2. The number of rotatable bonds is 7. The normalized spacial score (nSPS) is 26.7. The zero-order valence-electron chi connectivity index (χ0n) is 11.2. The van der Waals surface area contributed by atoms with E-state index in [1.54, 1.807) is 0 Å². The molecule has 0 aliphatic heterocycles. The zero-order valence-corrected chi connectivity index (χ0v) is 11.2. The van der Waals surface area contributed by atoms with E-state index in [4.69, 9.17) is 0 Å². The van der Waals surface area contributed by atoms with Gasteiger partial charge in [-0.3, -0.25) is 4.79 Å². The van der Waals surface area contributed by atoms with Crippen molar-refractivity contribution in [3.05, 3.63) is 0 Å². The molecule has 1 saturated carbocycles. The molecule has 3 heteroatoms. The number of aliphatic carboxylic acids is 1. The minimum Gasteiger partial charge on any atom is -0.480 e. The molecule has 0 spiro atoms. The molecule has 3 nitrogen and oxygen atoms in total. The van der Waals surface area contributed by atoms with E-state index in [0.29, 0.717) is 6.04 Å². The van der Waals surface area contributed by atoms with E-state index in [1.165, 1.54) is 19.3 Å². The Hall–Kier alpha value is -0.570. The van der Waals surface area contributed by atoms with Gasteiger partial charge in [-0.2, -0.15) is 0 Å². The van der Waals surface area contributed by atoms with Crippen LogP contribution in [0.5, 0.6) is 0 Å². The quantitative estimate of drug-likeness (QED) is 0.719. The lowest BCUT2D eigenvalue weighted by molar-refractivity contribution is -0.140. The molecule has 1 fully saturated rings. The van der Waals surface area contributed by atoms with Crippen molar-refractivity contribution in [2.45, 2.75) is 77.3 Å². The van der Waals surface area contributed by atoms with Gasteiger partial charge in [0.1, 0.15) is 6.04 Å². The second kappa shape index (κ2) is 7.70. The summed E-state index contributed by atoms with van der Waals surface area (Å²) in [6.45, 7) is 4.34. The largest absolute Gasteiger partial charge is 0.480 e. The van der Waals surface area contributed by atoms with Gasteiger partial charge in [0.25, 0.3) is 0 Å². The molecule has 0 radical (unpaired) electrons. The molecule has 100 valence electrons. The number of carbonyl (C=O) groups is 1. The van der Waals surface area contributed by atoms with Gasteiger partial charge in [0.15, 0.2) is 0 Å². The summed E-state index contributed by atoms with van der Waals surface area (Å²) < 4.78 is 0. The molecule has 1 aliphatic rings. The highest BCUT2D eigenvalue weighted by Gasteiger charge is 2.25. The first-order valence-electron chi connectivity index (χ1n) is 7.16. The molecular weight excluding hydrogens is 214 g/mol. The average molecular weight is 241 g/mol. The number of carboxylic acid groups (broad SMARTS) is 1. The molecule has 0 saturated heterocycles. The maximum atomic E-state index is 11.2. The van der Waals surface area contributed by atoms with E-state index in [1.807, 2.05) is 0 Å². The molecule has 17 heavy (non-hydrogen) atoms. The minimum absolute atomic E-state index is 0.337. The maximum Gasteiger partial charge on any atom is 0.320 e. The van der Waals surface area contributed by atoms with Crippen molar-refractivity contribution in [1.82, 2.24) is 5.32 Å². The Morgan fingerprint density at radius 2 is 2.18 bits per heavy atom. The fraction of sp³-hybridized carbons (Fsp3) is 0.929. The van der Waals surface area contributed by atoms with Gasteiger partial charge in [-0.05, 0) is 25.2 Å². The first-order chi connectivity index (χ1) is 8.17. The molecule has 3 atom stereocenters. The molecule has 0 aromatic carbocycles. The third-order valence-electron chi connectivity index (χ3n) is 3.94. The van der Waals surface area contributed by atoms with E-state index in [0.717, 1.165) is 38.0 Å². The summed E-state index contributed by atoms with van der Waals surface area (Å²) >= 11 is 0. The molecule has 0 aromatic rings. The topological polar surface area (TPSA) is 49.3 Å². The van der Waals surface area contributed by atoms with E-state index in [9.17, 15) is 9.90 Å². The summed E-state index contributed by atoms with van der Waals surface area (Å²) in [5, 5.41) is 12.5. The van der Waals surface area contributed by atoms with Gasteiger partial charge >= 0.3 is 5.97 Å². The zero-order chi connectivity index (χ0) is 12.7. The summed E-state index contributed by atoms with van der Waals surface area (Å²) in [6.07, 6.45) is 8.92. The number of nitrogens with one attached hydrogen (secondary N) is 1. The van der Waals surface area contributed by atoms with Crippen LogP contribution in [0.25, 0.3) is 0 Å². The van der Waals surface area contributed by atoms with Crippen LogP contribution in [-0.2, 0) is 4.79 Å². The van der Waals surface area contributed by atoms with Gasteiger partial charge in [-0.25, -0.2) is 0 Å². The number of carboxylic acids is 1. The van der Waals surface area contributed by atoms with Crippen LogP contribution >= 0.6 is 0 Å². The van der Waals surface area contributed by atoms with Crippen LogP contribution in [0.2, 0.25) is 0 Å². The smallest absolute Gasteiger partial charge is 0.320 e. The van der Waals surface area contributed by atoms with Crippen molar-refractivity contribution in [3.8, 4) is 0 Å². The van der Waals surface area contributed by atoms with Gasteiger partial charge in [0, 0.05) is 6.04 Å². The molecule has 0 aromatic heterocycles. The van der Waals surface area contributed by atoms with Gasteiger partial charge in [-0.15, -0.1) is 0 Å². The predicted octanol–water partition coefficient (Wildman–Crippen LogP) is 3.19. The molecule has 0 bridgehead atoms. The fourth-order valence-corrected chi connectivity index (χ4v) is 2.78. The highest BCUT2D eigenvalue weighted by atomic mass is 16.4. The van der Waals surface area contributed by atoms with Crippen LogP contribution in [0.15, 0.2) is 0 Å².